The molecule has 1 aromatic heterocycles. The highest BCUT2D eigenvalue weighted by Crippen LogP contribution is 2.34. The zero-order valence-corrected chi connectivity index (χ0v) is 14.4. The highest BCUT2D eigenvalue weighted by atomic mass is 32.1. The molecule has 0 unspecified atom stereocenters. The van der Waals surface area contributed by atoms with Crippen molar-refractivity contribution in [2.75, 3.05) is 19.0 Å². The Kier molecular flexibility index (Phi) is 4.66. The van der Waals surface area contributed by atoms with Crippen molar-refractivity contribution >= 4 is 34.4 Å². The third-order valence-corrected chi connectivity index (χ3v) is 4.64. The Morgan fingerprint density at radius 2 is 1.92 bits per heavy atom. The SMILES string of the molecule is CCCN1C(=O)C(Nc2ccccc2OC)=C(c2cccs2)C1=O. The van der Waals surface area contributed by atoms with E-state index in [2.05, 4.69) is 5.32 Å². The highest BCUT2D eigenvalue weighted by molar-refractivity contribution is 7.11. The summed E-state index contributed by atoms with van der Waals surface area (Å²) in [5, 5.41) is 5.01. The summed E-state index contributed by atoms with van der Waals surface area (Å²) in [6.45, 7) is 2.35. The molecule has 24 heavy (non-hydrogen) atoms. The van der Waals surface area contributed by atoms with Crippen LogP contribution < -0.4 is 10.1 Å². The van der Waals surface area contributed by atoms with E-state index in [1.807, 2.05) is 42.6 Å². The molecule has 2 heterocycles. The summed E-state index contributed by atoms with van der Waals surface area (Å²) in [4.78, 5) is 27.6. The summed E-state index contributed by atoms with van der Waals surface area (Å²) in [6, 6.07) is 11.0. The van der Waals surface area contributed by atoms with Gasteiger partial charge in [0.15, 0.2) is 0 Å². The molecule has 0 aliphatic carbocycles. The third kappa shape index (κ3) is 2.80. The number of ether oxygens (including phenoxy) is 1. The van der Waals surface area contributed by atoms with E-state index < -0.39 is 0 Å². The molecule has 0 fully saturated rings. The van der Waals surface area contributed by atoms with Crippen molar-refractivity contribution in [2.24, 2.45) is 0 Å². The number of nitrogens with zero attached hydrogens (tertiary/aromatic N) is 1. The van der Waals surface area contributed by atoms with Gasteiger partial charge in [-0.3, -0.25) is 14.5 Å². The lowest BCUT2D eigenvalue weighted by Crippen LogP contribution is -2.33. The summed E-state index contributed by atoms with van der Waals surface area (Å²) in [5.74, 6) is 0.0718. The molecule has 3 rings (SSSR count). The molecular formula is C18H18N2O3S. The van der Waals surface area contributed by atoms with Crippen molar-refractivity contribution in [1.82, 2.24) is 4.90 Å². The van der Waals surface area contributed by atoms with Crippen molar-refractivity contribution < 1.29 is 14.3 Å². The van der Waals surface area contributed by atoms with Gasteiger partial charge in [-0.15, -0.1) is 11.3 Å². The monoisotopic (exact) mass is 342 g/mol. The van der Waals surface area contributed by atoms with Gasteiger partial charge >= 0.3 is 0 Å². The summed E-state index contributed by atoms with van der Waals surface area (Å²) in [7, 11) is 1.57. The second kappa shape index (κ2) is 6.88. The van der Waals surface area contributed by atoms with Crippen molar-refractivity contribution in [3.8, 4) is 5.75 Å². The standard InChI is InChI=1S/C18H18N2O3S/c1-3-10-20-17(21)15(14-9-6-11-24-14)16(18(20)22)19-12-7-4-5-8-13(12)23-2/h4-9,11,19H,3,10H2,1-2H3. The first-order chi connectivity index (χ1) is 11.7. The van der Waals surface area contributed by atoms with E-state index in [0.717, 1.165) is 11.3 Å². The molecule has 0 saturated carbocycles. The van der Waals surface area contributed by atoms with Gasteiger partial charge in [0.1, 0.15) is 11.4 Å². The lowest BCUT2D eigenvalue weighted by Gasteiger charge is -2.14. The number of carbonyl (C=O) groups is 2. The first-order valence-electron chi connectivity index (χ1n) is 7.71. The molecule has 0 atom stereocenters. The number of anilines is 1. The Labute approximate surface area is 144 Å². The molecule has 5 nitrogen and oxygen atoms in total. The first kappa shape index (κ1) is 16.3. The number of rotatable bonds is 6. The second-order valence-corrected chi connectivity index (χ2v) is 6.26. The van der Waals surface area contributed by atoms with E-state index in [9.17, 15) is 9.59 Å². The van der Waals surface area contributed by atoms with Crippen molar-refractivity contribution in [2.45, 2.75) is 13.3 Å². The van der Waals surface area contributed by atoms with Crippen molar-refractivity contribution in [3.05, 3.63) is 52.4 Å². The van der Waals surface area contributed by atoms with Gasteiger partial charge in [-0.25, -0.2) is 0 Å². The molecule has 1 aromatic carbocycles. The average Bonchev–Trinajstić information content (AvgIpc) is 3.19. The van der Waals surface area contributed by atoms with Crippen molar-refractivity contribution in [3.63, 3.8) is 0 Å². The molecule has 0 spiro atoms. The molecule has 1 aliphatic heterocycles. The lowest BCUT2D eigenvalue weighted by molar-refractivity contribution is -0.136. The number of benzene rings is 1. The van der Waals surface area contributed by atoms with Gasteiger partial charge < -0.3 is 10.1 Å². The van der Waals surface area contributed by atoms with E-state index in [1.54, 1.807) is 13.2 Å². The molecule has 6 heteroatoms. The Hall–Kier alpha value is -2.60. The van der Waals surface area contributed by atoms with Crippen molar-refractivity contribution in [1.29, 1.82) is 0 Å². The number of hydrogen-bond donors (Lipinski definition) is 1. The van der Waals surface area contributed by atoms with Gasteiger partial charge in [0.25, 0.3) is 11.8 Å². The predicted octanol–water partition coefficient (Wildman–Crippen LogP) is 3.36. The Morgan fingerprint density at radius 1 is 1.12 bits per heavy atom. The lowest BCUT2D eigenvalue weighted by atomic mass is 10.2. The quantitative estimate of drug-likeness (QED) is 0.818. The largest absolute Gasteiger partial charge is 0.495 e. The smallest absolute Gasteiger partial charge is 0.278 e. The van der Waals surface area contributed by atoms with Gasteiger partial charge in [-0.05, 0) is 30.0 Å². The minimum atomic E-state index is -0.295. The van der Waals surface area contributed by atoms with Gasteiger partial charge in [-0.2, -0.15) is 0 Å². The molecule has 2 amide bonds. The fourth-order valence-corrected chi connectivity index (χ4v) is 3.42. The van der Waals surface area contributed by atoms with Crippen LogP contribution in [0.3, 0.4) is 0 Å². The Morgan fingerprint density at radius 3 is 2.58 bits per heavy atom. The molecule has 1 aliphatic rings. The van der Waals surface area contributed by atoms with E-state index >= 15 is 0 Å². The van der Waals surface area contributed by atoms with Crippen LogP contribution in [0, 0.1) is 0 Å². The van der Waals surface area contributed by atoms with Crippen LogP contribution in [0.4, 0.5) is 5.69 Å². The zero-order valence-electron chi connectivity index (χ0n) is 13.5. The predicted molar refractivity (Wildman–Crippen MR) is 94.9 cm³/mol. The summed E-state index contributed by atoms with van der Waals surface area (Å²) in [5.41, 5.74) is 1.39. The van der Waals surface area contributed by atoms with Crippen LogP contribution >= 0.6 is 11.3 Å². The summed E-state index contributed by atoms with van der Waals surface area (Å²) >= 11 is 1.44. The summed E-state index contributed by atoms with van der Waals surface area (Å²) < 4.78 is 5.33. The Balaban J connectivity index is 2.06. The Bertz CT molecular complexity index is 796. The number of amides is 2. The normalized spacial score (nSPS) is 14.5. The zero-order chi connectivity index (χ0) is 17.1. The first-order valence-corrected chi connectivity index (χ1v) is 8.59. The number of methoxy groups -OCH3 is 1. The maximum absolute atomic E-state index is 12.8. The van der Waals surface area contributed by atoms with Gasteiger partial charge in [0.2, 0.25) is 0 Å². The van der Waals surface area contributed by atoms with Gasteiger partial charge in [-0.1, -0.05) is 25.1 Å². The molecule has 124 valence electrons. The molecule has 0 saturated heterocycles. The number of carbonyl (C=O) groups excluding carboxylic acids is 2. The fraction of sp³-hybridized carbons (Fsp3) is 0.222. The number of para-hydroxylation sites is 2. The summed E-state index contributed by atoms with van der Waals surface area (Å²) in [6.07, 6.45) is 0.719. The minimum Gasteiger partial charge on any atom is -0.495 e. The maximum atomic E-state index is 12.8. The average molecular weight is 342 g/mol. The van der Waals surface area contributed by atoms with Crippen LogP contribution in [0.1, 0.15) is 18.2 Å². The third-order valence-electron chi connectivity index (χ3n) is 3.75. The maximum Gasteiger partial charge on any atom is 0.278 e. The number of hydrogen-bond acceptors (Lipinski definition) is 5. The van der Waals surface area contributed by atoms with E-state index in [4.69, 9.17) is 4.74 Å². The number of imide groups is 1. The minimum absolute atomic E-state index is 0.248. The van der Waals surface area contributed by atoms with E-state index in [1.165, 1.54) is 16.2 Å². The molecule has 1 N–H and O–H groups in total. The topological polar surface area (TPSA) is 58.6 Å². The van der Waals surface area contributed by atoms with Crippen LogP contribution in [-0.2, 0) is 9.59 Å². The van der Waals surface area contributed by atoms with Crippen LogP contribution in [0.25, 0.3) is 5.57 Å². The molecule has 2 aromatic rings. The number of nitrogens with one attached hydrogen (secondary N) is 1. The number of thiophene rings is 1. The van der Waals surface area contributed by atoms with Gasteiger partial charge in [0, 0.05) is 11.4 Å². The van der Waals surface area contributed by atoms with Crippen LogP contribution in [0.15, 0.2) is 47.5 Å². The van der Waals surface area contributed by atoms with Crippen LogP contribution in [-0.4, -0.2) is 30.4 Å². The van der Waals surface area contributed by atoms with E-state index in [-0.39, 0.29) is 11.8 Å². The molecule has 0 radical (unpaired) electrons. The molecule has 0 bridgehead atoms. The second-order valence-electron chi connectivity index (χ2n) is 5.31. The van der Waals surface area contributed by atoms with Crippen LogP contribution in [0.5, 0.6) is 5.75 Å². The molecular weight excluding hydrogens is 324 g/mol. The highest BCUT2D eigenvalue weighted by Gasteiger charge is 2.39. The fourth-order valence-electron chi connectivity index (χ4n) is 2.65. The van der Waals surface area contributed by atoms with Crippen LogP contribution in [0.2, 0.25) is 0 Å². The van der Waals surface area contributed by atoms with E-state index in [0.29, 0.717) is 29.3 Å². The van der Waals surface area contributed by atoms with Gasteiger partial charge in [0.05, 0.1) is 18.4 Å².